The first kappa shape index (κ1) is 36.9. The highest BCUT2D eigenvalue weighted by Crippen LogP contribution is 2.42. The van der Waals surface area contributed by atoms with Gasteiger partial charge in [0.05, 0.1) is 42.5 Å². The van der Waals surface area contributed by atoms with E-state index in [2.05, 4.69) is 25.7 Å². The van der Waals surface area contributed by atoms with Crippen molar-refractivity contribution in [2.45, 2.75) is 44.5 Å². The third-order valence-electron chi connectivity index (χ3n) is 8.90. The number of rotatable bonds is 14. The van der Waals surface area contributed by atoms with Crippen molar-refractivity contribution in [1.82, 2.24) is 30.3 Å². The zero-order chi connectivity index (χ0) is 36.8. The van der Waals surface area contributed by atoms with Crippen LogP contribution in [0.25, 0.3) is 39.2 Å². The second-order valence-electron chi connectivity index (χ2n) is 12.4. The summed E-state index contributed by atoms with van der Waals surface area (Å²) in [7, 11) is 2.84. The summed E-state index contributed by atoms with van der Waals surface area (Å²) in [6, 6.07) is 19.0. The summed E-state index contributed by atoms with van der Waals surface area (Å²) < 4.78 is 11.6. The monoisotopic (exact) mass is 744 g/mol. The van der Waals surface area contributed by atoms with E-state index in [-0.39, 0.29) is 37.0 Å². The molecule has 6 rings (SSSR count). The number of aliphatic hydroxyl groups is 1. The number of carbonyl (C=O) groups is 2. The van der Waals surface area contributed by atoms with Crippen molar-refractivity contribution in [3.05, 3.63) is 105 Å². The topological polar surface area (TPSA) is 156 Å². The van der Waals surface area contributed by atoms with Crippen molar-refractivity contribution >= 4 is 40.7 Å². The number of nitrogens with one attached hydrogen (secondary N) is 3. The van der Waals surface area contributed by atoms with Gasteiger partial charge in [-0.05, 0) is 30.2 Å². The molecule has 12 nitrogen and oxygen atoms in total. The summed E-state index contributed by atoms with van der Waals surface area (Å²) in [6.45, 7) is 1.46. The number of methoxy groups -OCH3 is 2. The van der Waals surface area contributed by atoms with Crippen molar-refractivity contribution in [1.29, 1.82) is 0 Å². The number of ether oxygens (including phenoxy) is 2. The fraction of sp³-hybridized carbons (Fsp3) is 0.289. The van der Waals surface area contributed by atoms with Crippen LogP contribution in [0, 0.1) is 0 Å². The minimum Gasteiger partial charge on any atom is -0.481 e. The Hall–Kier alpha value is -4.85. The maximum absolute atomic E-state index is 13.2. The van der Waals surface area contributed by atoms with Gasteiger partial charge >= 0.3 is 5.97 Å². The Labute approximate surface area is 310 Å². The highest BCUT2D eigenvalue weighted by atomic mass is 35.5. The molecule has 4 heterocycles. The third-order valence-corrected chi connectivity index (χ3v) is 9.72. The molecule has 2 aromatic carbocycles. The first-order valence-corrected chi connectivity index (χ1v) is 17.5. The van der Waals surface area contributed by atoms with Crippen molar-refractivity contribution in [3.8, 4) is 39.4 Å². The zero-order valence-electron chi connectivity index (χ0n) is 28.6. The number of aromatic nitrogens is 3. The highest BCUT2D eigenvalue weighted by molar-refractivity contribution is 6.39. The van der Waals surface area contributed by atoms with Gasteiger partial charge in [-0.2, -0.15) is 0 Å². The van der Waals surface area contributed by atoms with Crippen molar-refractivity contribution in [3.63, 3.8) is 0 Å². The fourth-order valence-electron chi connectivity index (χ4n) is 6.17. The zero-order valence-corrected chi connectivity index (χ0v) is 30.1. The minimum atomic E-state index is -0.941. The molecule has 0 aliphatic carbocycles. The molecule has 1 amide bonds. The average Bonchev–Trinajstić information content (AvgIpc) is 3.57. The van der Waals surface area contributed by atoms with E-state index in [1.54, 1.807) is 25.4 Å². The SMILES string of the molecule is COC(=O)C[C@@H](O)CNCc1cnc2cc(-c3cccc(-c4cccc(-c5ccc(CNC[C@H]6CCC(=O)N6)c(OC)n5)c4Cl)c3Cl)ccn2c1=O. The van der Waals surface area contributed by atoms with Gasteiger partial charge in [0.15, 0.2) is 0 Å². The van der Waals surface area contributed by atoms with Gasteiger partial charge in [-0.15, -0.1) is 0 Å². The van der Waals surface area contributed by atoms with Crippen LogP contribution in [-0.2, 0) is 27.4 Å². The van der Waals surface area contributed by atoms with Crippen LogP contribution in [0.2, 0.25) is 10.0 Å². The number of halogens is 2. The molecular weight excluding hydrogens is 707 g/mol. The van der Waals surface area contributed by atoms with Crippen LogP contribution in [0.15, 0.2) is 77.9 Å². The molecule has 0 unspecified atom stereocenters. The third kappa shape index (κ3) is 8.27. The smallest absolute Gasteiger partial charge is 0.308 e. The lowest BCUT2D eigenvalue weighted by molar-refractivity contribution is -0.142. The Balaban J connectivity index is 1.21. The normalized spacial score (nSPS) is 14.7. The number of aliphatic hydroxyl groups excluding tert-OH is 1. The van der Waals surface area contributed by atoms with Crippen molar-refractivity contribution in [2.75, 3.05) is 27.3 Å². The van der Waals surface area contributed by atoms with Crippen molar-refractivity contribution < 1.29 is 24.2 Å². The molecule has 270 valence electrons. The molecule has 0 radical (unpaired) electrons. The summed E-state index contributed by atoms with van der Waals surface area (Å²) in [5.41, 5.74) is 5.74. The predicted molar refractivity (Wildman–Crippen MR) is 199 cm³/mol. The molecule has 1 aliphatic rings. The molecule has 1 saturated heterocycles. The molecule has 0 bridgehead atoms. The number of hydrogen-bond acceptors (Lipinski definition) is 10. The molecule has 4 N–H and O–H groups in total. The van der Waals surface area contributed by atoms with E-state index in [0.717, 1.165) is 34.2 Å². The van der Waals surface area contributed by atoms with Gasteiger partial charge in [-0.1, -0.05) is 65.7 Å². The van der Waals surface area contributed by atoms with E-state index >= 15 is 0 Å². The molecule has 0 spiro atoms. The number of esters is 1. The summed E-state index contributed by atoms with van der Waals surface area (Å²) in [5.74, 6) is 0.0444. The van der Waals surface area contributed by atoms with E-state index in [1.165, 1.54) is 17.7 Å². The van der Waals surface area contributed by atoms with Crippen LogP contribution in [0.1, 0.15) is 30.4 Å². The first-order chi connectivity index (χ1) is 25.2. The molecule has 5 aromatic rings. The Morgan fingerprint density at radius 3 is 2.40 bits per heavy atom. The lowest BCUT2D eigenvalue weighted by Gasteiger charge is -2.16. The van der Waals surface area contributed by atoms with Crippen LogP contribution in [-0.4, -0.2) is 70.8 Å². The molecule has 2 atom stereocenters. The first-order valence-electron chi connectivity index (χ1n) is 16.7. The largest absolute Gasteiger partial charge is 0.481 e. The summed E-state index contributed by atoms with van der Waals surface area (Å²) in [6.07, 6.45) is 3.43. The number of pyridine rings is 2. The second kappa shape index (κ2) is 16.7. The Morgan fingerprint density at radius 1 is 0.981 bits per heavy atom. The van der Waals surface area contributed by atoms with Gasteiger partial charge in [0, 0.05) is 84.4 Å². The average molecular weight is 746 g/mol. The van der Waals surface area contributed by atoms with E-state index < -0.39 is 12.1 Å². The summed E-state index contributed by atoms with van der Waals surface area (Å²) in [4.78, 5) is 45.4. The number of fused-ring (bicyclic) bond motifs is 1. The van der Waals surface area contributed by atoms with Crippen molar-refractivity contribution in [2.24, 2.45) is 0 Å². The molecule has 3 aromatic heterocycles. The van der Waals surface area contributed by atoms with E-state index in [4.69, 9.17) is 32.9 Å². The number of nitrogens with zero attached hydrogens (tertiary/aromatic N) is 3. The van der Waals surface area contributed by atoms with E-state index in [1.807, 2.05) is 48.5 Å². The van der Waals surface area contributed by atoms with Crippen LogP contribution >= 0.6 is 23.2 Å². The number of hydrogen-bond donors (Lipinski definition) is 4. The number of amides is 1. The van der Waals surface area contributed by atoms with Crippen LogP contribution < -0.4 is 26.2 Å². The van der Waals surface area contributed by atoms with Gasteiger partial charge < -0.3 is 30.5 Å². The fourth-order valence-corrected chi connectivity index (χ4v) is 6.83. The second-order valence-corrected chi connectivity index (χ2v) is 13.2. The van der Waals surface area contributed by atoms with Crippen LogP contribution in [0.5, 0.6) is 5.88 Å². The molecule has 1 fully saturated rings. The maximum atomic E-state index is 13.2. The molecule has 0 saturated carbocycles. The van der Waals surface area contributed by atoms with Gasteiger partial charge in [0.2, 0.25) is 11.8 Å². The Kier molecular flexibility index (Phi) is 11.8. The molecule has 14 heteroatoms. The van der Waals surface area contributed by atoms with Gasteiger partial charge in [0.1, 0.15) is 5.65 Å². The van der Waals surface area contributed by atoms with Gasteiger partial charge in [0.25, 0.3) is 5.56 Å². The Morgan fingerprint density at radius 2 is 1.69 bits per heavy atom. The quantitative estimate of drug-likeness (QED) is 0.117. The standard InChI is InChI=1S/C38H38Cl2N6O6/c1-51-34(49)16-26(47)21-42-18-24-19-43-32-15-22(13-14-46(32)38(24)50)27-5-3-6-28(35(27)39)29-7-4-8-30(36(29)40)31-11-9-23(37(45-31)52-2)17-41-20-25-10-12-33(48)44-25/h3-9,11,13-15,19,25-26,41-42,47H,10,12,16-18,20-21H2,1-2H3,(H,44,48)/t25-,26-/m1/s1. The predicted octanol–water partition coefficient (Wildman–Crippen LogP) is 4.79. The summed E-state index contributed by atoms with van der Waals surface area (Å²) in [5, 5.41) is 20.3. The van der Waals surface area contributed by atoms with Crippen LogP contribution in [0.3, 0.4) is 0 Å². The maximum Gasteiger partial charge on any atom is 0.308 e. The van der Waals surface area contributed by atoms with E-state index in [0.29, 0.717) is 57.9 Å². The molecular formula is C38H38Cl2N6O6. The van der Waals surface area contributed by atoms with Gasteiger partial charge in [-0.25, -0.2) is 9.97 Å². The van der Waals surface area contributed by atoms with Gasteiger partial charge in [-0.3, -0.25) is 18.8 Å². The lowest BCUT2D eigenvalue weighted by atomic mass is 9.97. The van der Waals surface area contributed by atoms with Crippen LogP contribution in [0.4, 0.5) is 0 Å². The summed E-state index contributed by atoms with van der Waals surface area (Å²) >= 11 is 14.2. The lowest BCUT2D eigenvalue weighted by Crippen LogP contribution is -2.35. The molecule has 1 aliphatic heterocycles. The highest BCUT2D eigenvalue weighted by Gasteiger charge is 2.21. The number of carbonyl (C=O) groups excluding carboxylic acids is 2. The molecule has 52 heavy (non-hydrogen) atoms. The minimum absolute atomic E-state index is 0.0843. The Bertz CT molecular complexity index is 2180. The van der Waals surface area contributed by atoms with E-state index in [9.17, 15) is 19.5 Å². The number of benzene rings is 2.